The van der Waals surface area contributed by atoms with E-state index in [2.05, 4.69) is 17.7 Å². The molecule has 2 nitrogen and oxygen atoms in total. The molecule has 76 valence electrons. The Morgan fingerprint density at radius 1 is 1.50 bits per heavy atom. The van der Waals surface area contributed by atoms with Crippen LogP contribution in [0.5, 0.6) is 0 Å². The first-order chi connectivity index (χ1) is 6.27. The third kappa shape index (κ3) is 3.63. The number of hydrogen-bond acceptors (Lipinski definition) is 2. The monoisotopic (exact) mass is 361 g/mol. The first kappa shape index (κ1) is 13.4. The van der Waals surface area contributed by atoms with Crippen LogP contribution in [0.25, 0.3) is 0 Å². The van der Waals surface area contributed by atoms with Gasteiger partial charge < -0.3 is 4.74 Å². The predicted octanol–water partition coefficient (Wildman–Crippen LogP) is 1.76. The molecule has 14 heavy (non-hydrogen) atoms. The number of ether oxygens (including phenoxy) is 1. The normalized spacial score (nSPS) is 9.00. The average Bonchev–Trinajstić information content (AvgIpc) is 2.18. The van der Waals surface area contributed by atoms with Crippen LogP contribution in [-0.2, 0) is 43.4 Å². The first-order valence-corrected chi connectivity index (χ1v) is 4.32. The third-order valence-corrected chi connectivity index (χ3v) is 1.99. The zero-order valence-electron chi connectivity index (χ0n) is 8.37. The number of benzene rings is 1. The van der Waals surface area contributed by atoms with Crippen molar-refractivity contribution >= 4 is 5.97 Å². The van der Waals surface area contributed by atoms with E-state index >= 15 is 0 Å². The maximum absolute atomic E-state index is 11.0. The molecule has 0 amide bonds. The molecule has 0 radical (unpaired) electrons. The minimum Gasteiger partial charge on any atom is -0.469 e. The van der Waals surface area contributed by atoms with E-state index in [1.807, 2.05) is 18.2 Å². The van der Waals surface area contributed by atoms with E-state index in [-0.39, 0.29) is 27.0 Å². The molecular weight excluding hydrogens is 348 g/mol. The Labute approximate surface area is 98.9 Å². The molecule has 0 saturated carbocycles. The third-order valence-electron chi connectivity index (χ3n) is 1.99. The van der Waals surface area contributed by atoms with Crippen molar-refractivity contribution in [2.45, 2.75) is 19.8 Å². The first-order valence-electron chi connectivity index (χ1n) is 4.32. The minimum absolute atomic E-state index is 0. The van der Waals surface area contributed by atoms with Gasteiger partial charge in [-0.25, -0.2) is 0 Å². The fraction of sp³-hybridized carbons (Fsp3) is 0.364. The summed E-state index contributed by atoms with van der Waals surface area (Å²) in [5.74, 6) is -0.194. The van der Waals surface area contributed by atoms with E-state index < -0.39 is 0 Å². The van der Waals surface area contributed by atoms with Gasteiger partial charge in [-0.2, -0.15) is 29.8 Å². The number of carbonyl (C=O) groups excluding carboxylic acids is 1. The maximum atomic E-state index is 11.0. The fourth-order valence-electron chi connectivity index (χ4n) is 1.23. The molecule has 1 aromatic rings. The number of methoxy groups -OCH3 is 1. The fourth-order valence-corrected chi connectivity index (χ4v) is 1.23. The number of esters is 1. The second-order valence-corrected chi connectivity index (χ2v) is 2.80. The van der Waals surface area contributed by atoms with Crippen molar-refractivity contribution < 1.29 is 30.6 Å². The molecule has 0 heterocycles. The summed E-state index contributed by atoms with van der Waals surface area (Å²) >= 11 is 0. The van der Waals surface area contributed by atoms with Crippen molar-refractivity contribution in [1.82, 2.24) is 0 Å². The molecule has 0 saturated heterocycles. The van der Waals surface area contributed by atoms with Gasteiger partial charge in [0, 0.05) is 27.5 Å². The Morgan fingerprint density at radius 2 is 2.21 bits per heavy atom. The molecular formula is C11H13O2W-. The molecule has 3 heteroatoms. The summed E-state index contributed by atoms with van der Waals surface area (Å²) in [5, 5.41) is 0. The van der Waals surface area contributed by atoms with Gasteiger partial charge in [-0.1, -0.05) is 13.3 Å². The minimum atomic E-state index is -0.194. The summed E-state index contributed by atoms with van der Waals surface area (Å²) in [5.41, 5.74) is 2.20. The van der Waals surface area contributed by atoms with Crippen LogP contribution in [0.15, 0.2) is 18.2 Å². The number of hydrogen-bond donors (Lipinski definition) is 0. The van der Waals surface area contributed by atoms with Gasteiger partial charge in [-0.15, -0.1) is 5.56 Å². The Bertz CT molecular complexity index is 297. The van der Waals surface area contributed by atoms with Gasteiger partial charge in [0.05, 0.1) is 7.11 Å². The molecule has 0 N–H and O–H groups in total. The summed E-state index contributed by atoms with van der Waals surface area (Å²) in [7, 11) is 1.41. The second kappa shape index (κ2) is 6.78. The Balaban J connectivity index is 0.00000169. The maximum Gasteiger partial charge on any atom is 0.307 e. The van der Waals surface area contributed by atoms with Gasteiger partial charge >= 0.3 is 5.97 Å². The molecule has 1 rings (SSSR count). The molecule has 0 unspecified atom stereocenters. The quantitative estimate of drug-likeness (QED) is 0.606. The van der Waals surface area contributed by atoms with Gasteiger partial charge in [0.25, 0.3) is 0 Å². The molecule has 0 aliphatic carbocycles. The van der Waals surface area contributed by atoms with Gasteiger partial charge in [0.1, 0.15) is 0 Å². The van der Waals surface area contributed by atoms with Crippen molar-refractivity contribution in [1.29, 1.82) is 0 Å². The van der Waals surface area contributed by atoms with Crippen LogP contribution >= 0.6 is 0 Å². The number of aryl methyl sites for hydroxylation is 1. The largest absolute Gasteiger partial charge is 0.469 e. The van der Waals surface area contributed by atoms with Crippen molar-refractivity contribution in [2.24, 2.45) is 0 Å². The molecule has 0 aliphatic rings. The Morgan fingerprint density at radius 3 is 2.79 bits per heavy atom. The summed E-state index contributed by atoms with van der Waals surface area (Å²) in [6, 6.07) is 8.64. The Hall–Kier alpha value is -0.622. The summed E-state index contributed by atoms with van der Waals surface area (Å²) < 4.78 is 4.60. The number of carbonyl (C=O) groups is 1. The molecule has 0 fully saturated rings. The van der Waals surface area contributed by atoms with Crippen LogP contribution in [0.2, 0.25) is 0 Å². The van der Waals surface area contributed by atoms with E-state index in [0.717, 1.165) is 17.5 Å². The number of rotatable bonds is 3. The van der Waals surface area contributed by atoms with Gasteiger partial charge in [-0.05, 0) is 0 Å². The average molecular weight is 361 g/mol. The second-order valence-electron chi connectivity index (χ2n) is 2.80. The zero-order chi connectivity index (χ0) is 9.68. The van der Waals surface area contributed by atoms with E-state index in [4.69, 9.17) is 0 Å². The summed E-state index contributed by atoms with van der Waals surface area (Å²) in [6.07, 6.45) is 1.28. The predicted molar refractivity (Wildman–Crippen MR) is 50.4 cm³/mol. The van der Waals surface area contributed by atoms with Crippen molar-refractivity contribution in [3.8, 4) is 0 Å². The van der Waals surface area contributed by atoms with Gasteiger partial charge in [-0.3, -0.25) is 4.79 Å². The standard InChI is InChI=1S/C11H13O2.W/c1-3-9-6-4-5-7-10(9)8-11(12)13-2;/h5-7H,3,8H2,1-2H3;/q-1;. The van der Waals surface area contributed by atoms with Crippen LogP contribution in [0.3, 0.4) is 0 Å². The molecule has 1 aromatic carbocycles. The smallest absolute Gasteiger partial charge is 0.307 e. The topological polar surface area (TPSA) is 26.3 Å². The SMILES string of the molecule is CCc1c[c-]ccc1CC(=O)OC.[W]. The van der Waals surface area contributed by atoms with Crippen LogP contribution < -0.4 is 0 Å². The van der Waals surface area contributed by atoms with Gasteiger partial charge in [0.15, 0.2) is 0 Å². The van der Waals surface area contributed by atoms with Crippen LogP contribution in [0, 0.1) is 6.07 Å². The van der Waals surface area contributed by atoms with Crippen molar-refractivity contribution in [3.05, 3.63) is 35.4 Å². The summed E-state index contributed by atoms with van der Waals surface area (Å²) in [6.45, 7) is 2.06. The van der Waals surface area contributed by atoms with E-state index in [0.29, 0.717) is 6.42 Å². The van der Waals surface area contributed by atoms with Crippen LogP contribution in [-0.4, -0.2) is 13.1 Å². The van der Waals surface area contributed by atoms with E-state index in [1.54, 1.807) is 0 Å². The Kier molecular flexibility index (Phi) is 6.48. The van der Waals surface area contributed by atoms with E-state index in [1.165, 1.54) is 7.11 Å². The molecule has 0 aliphatic heterocycles. The molecule has 0 spiro atoms. The van der Waals surface area contributed by atoms with Crippen molar-refractivity contribution in [3.63, 3.8) is 0 Å². The summed E-state index contributed by atoms with van der Waals surface area (Å²) in [4.78, 5) is 11.0. The van der Waals surface area contributed by atoms with Gasteiger partial charge in [0.2, 0.25) is 0 Å². The van der Waals surface area contributed by atoms with Crippen LogP contribution in [0.1, 0.15) is 18.1 Å². The van der Waals surface area contributed by atoms with Crippen LogP contribution in [0.4, 0.5) is 0 Å². The molecule has 0 bridgehead atoms. The van der Waals surface area contributed by atoms with Crippen molar-refractivity contribution in [2.75, 3.05) is 7.11 Å². The zero-order valence-corrected chi connectivity index (χ0v) is 11.3. The van der Waals surface area contributed by atoms with E-state index in [9.17, 15) is 4.79 Å². The molecule has 0 atom stereocenters. The molecule has 0 aromatic heterocycles.